The number of hydrogen-bond donors (Lipinski definition) is 0. The summed E-state index contributed by atoms with van der Waals surface area (Å²) in [5.74, 6) is 0.469. The quantitative estimate of drug-likeness (QED) is 0.714. The topological polar surface area (TPSA) is 65.2 Å². The molecule has 1 rings (SSSR count). The van der Waals surface area contributed by atoms with E-state index in [2.05, 4.69) is 24.0 Å². The second kappa shape index (κ2) is 4.91. The van der Waals surface area contributed by atoms with Gasteiger partial charge in [-0.2, -0.15) is 4.98 Å². The van der Waals surface area contributed by atoms with Crippen LogP contribution in [-0.2, 0) is 4.74 Å². The monoisotopic (exact) mass is 212 g/mol. The van der Waals surface area contributed by atoms with Crippen LogP contribution in [-0.4, -0.2) is 22.7 Å². The lowest BCUT2D eigenvalue weighted by atomic mass is 9.98. The average Bonchev–Trinajstić information content (AvgIpc) is 2.65. The van der Waals surface area contributed by atoms with Crippen molar-refractivity contribution in [1.82, 2.24) is 10.1 Å². The lowest BCUT2D eigenvalue weighted by Crippen LogP contribution is -2.08. The smallest absolute Gasteiger partial charge is 0.379 e. The van der Waals surface area contributed by atoms with E-state index >= 15 is 0 Å². The van der Waals surface area contributed by atoms with E-state index in [-0.39, 0.29) is 11.7 Å². The van der Waals surface area contributed by atoms with Gasteiger partial charge in [0.1, 0.15) is 0 Å². The van der Waals surface area contributed by atoms with Gasteiger partial charge in [-0.1, -0.05) is 20.8 Å². The number of carbonyl (C=O) groups is 1. The zero-order valence-corrected chi connectivity index (χ0v) is 9.48. The number of nitrogens with zero attached hydrogens (tertiary/aromatic N) is 2. The summed E-state index contributed by atoms with van der Waals surface area (Å²) in [4.78, 5) is 15.2. The van der Waals surface area contributed by atoms with E-state index in [4.69, 9.17) is 9.26 Å². The molecular weight excluding hydrogens is 196 g/mol. The van der Waals surface area contributed by atoms with Gasteiger partial charge in [-0.25, -0.2) is 4.79 Å². The first-order valence-electron chi connectivity index (χ1n) is 5.07. The first kappa shape index (κ1) is 11.7. The summed E-state index contributed by atoms with van der Waals surface area (Å²) in [5, 5.41) is 3.58. The van der Waals surface area contributed by atoms with Crippen LogP contribution in [0.5, 0.6) is 0 Å². The van der Waals surface area contributed by atoms with E-state index in [1.807, 2.05) is 6.92 Å². The van der Waals surface area contributed by atoms with Crippen LogP contribution in [0.4, 0.5) is 0 Å². The highest BCUT2D eigenvalue weighted by Crippen LogP contribution is 2.21. The van der Waals surface area contributed by atoms with E-state index < -0.39 is 5.97 Å². The van der Waals surface area contributed by atoms with Gasteiger partial charge in [0.05, 0.1) is 6.61 Å². The Morgan fingerprint density at radius 1 is 1.47 bits per heavy atom. The van der Waals surface area contributed by atoms with Crippen molar-refractivity contribution < 1.29 is 14.1 Å². The number of aromatic nitrogens is 2. The Labute approximate surface area is 88.8 Å². The van der Waals surface area contributed by atoms with Crippen LogP contribution < -0.4 is 0 Å². The van der Waals surface area contributed by atoms with Crippen LogP contribution in [0.15, 0.2) is 4.52 Å². The Kier molecular flexibility index (Phi) is 3.82. The summed E-state index contributed by atoms with van der Waals surface area (Å²) in [7, 11) is 0. The molecule has 84 valence electrons. The molecule has 1 unspecified atom stereocenters. The largest absolute Gasteiger partial charge is 0.460 e. The van der Waals surface area contributed by atoms with E-state index in [1.165, 1.54) is 0 Å². The first-order valence-corrected chi connectivity index (χ1v) is 5.07. The van der Waals surface area contributed by atoms with Gasteiger partial charge in [-0.05, 0) is 18.0 Å². The molecule has 0 spiro atoms. The molecule has 0 saturated carbocycles. The highest BCUT2D eigenvalue weighted by Gasteiger charge is 2.21. The molecule has 0 saturated heterocycles. The molecule has 15 heavy (non-hydrogen) atoms. The van der Waals surface area contributed by atoms with Gasteiger partial charge in [0.25, 0.3) is 5.82 Å². The number of ether oxygens (including phenoxy) is 1. The number of rotatable bonds is 4. The van der Waals surface area contributed by atoms with Crippen molar-refractivity contribution in [3.05, 3.63) is 11.7 Å². The molecule has 1 heterocycles. The molecule has 0 N–H and O–H groups in total. The van der Waals surface area contributed by atoms with Crippen molar-refractivity contribution in [3.63, 3.8) is 0 Å². The molecule has 1 aromatic heterocycles. The molecule has 0 bridgehead atoms. The maximum Gasteiger partial charge on any atom is 0.379 e. The summed E-state index contributed by atoms with van der Waals surface area (Å²) in [6.45, 7) is 8.13. The van der Waals surface area contributed by atoms with Gasteiger partial charge in [0.2, 0.25) is 5.89 Å². The zero-order chi connectivity index (χ0) is 11.4. The minimum Gasteiger partial charge on any atom is -0.460 e. The fraction of sp³-hybridized carbons (Fsp3) is 0.700. The third-order valence-electron chi connectivity index (χ3n) is 2.29. The minimum absolute atomic E-state index is 0.000602. The lowest BCUT2D eigenvalue weighted by molar-refractivity contribution is 0.0508. The summed E-state index contributed by atoms with van der Waals surface area (Å²) >= 11 is 0. The Balaban J connectivity index is 2.76. The van der Waals surface area contributed by atoms with Gasteiger partial charge >= 0.3 is 5.97 Å². The number of esters is 1. The summed E-state index contributed by atoms with van der Waals surface area (Å²) in [6, 6.07) is 0. The lowest BCUT2D eigenvalue weighted by Gasteiger charge is -2.08. The zero-order valence-electron chi connectivity index (χ0n) is 9.48. The molecule has 0 radical (unpaired) electrons. The number of hydrogen-bond acceptors (Lipinski definition) is 5. The van der Waals surface area contributed by atoms with Crippen LogP contribution in [0.3, 0.4) is 0 Å². The van der Waals surface area contributed by atoms with Crippen LogP contribution in [0.2, 0.25) is 0 Å². The molecule has 0 aliphatic heterocycles. The molecule has 1 atom stereocenters. The summed E-state index contributed by atoms with van der Waals surface area (Å²) in [6.07, 6.45) is 0. The van der Waals surface area contributed by atoms with Crippen molar-refractivity contribution >= 4 is 5.97 Å². The van der Waals surface area contributed by atoms with Gasteiger partial charge in [-0.3, -0.25) is 0 Å². The molecule has 0 aromatic carbocycles. The molecule has 1 aromatic rings. The summed E-state index contributed by atoms with van der Waals surface area (Å²) in [5.41, 5.74) is 0. The maximum atomic E-state index is 11.2. The molecular formula is C10H16N2O3. The SMILES string of the molecule is CCOC(=O)c1noc(C(C)C(C)C)n1. The number of carbonyl (C=O) groups excluding carboxylic acids is 1. The highest BCUT2D eigenvalue weighted by atomic mass is 16.5. The normalized spacial score (nSPS) is 12.9. The predicted octanol–water partition coefficient (Wildman–Crippen LogP) is 2.01. The van der Waals surface area contributed by atoms with Crippen molar-refractivity contribution in [3.8, 4) is 0 Å². The van der Waals surface area contributed by atoms with Crippen LogP contribution in [0, 0.1) is 5.92 Å². The molecule has 0 aliphatic rings. The van der Waals surface area contributed by atoms with E-state index in [0.29, 0.717) is 18.4 Å². The van der Waals surface area contributed by atoms with E-state index in [0.717, 1.165) is 0 Å². The summed E-state index contributed by atoms with van der Waals surface area (Å²) < 4.78 is 9.75. The first-order chi connectivity index (χ1) is 7.06. The molecule has 0 amide bonds. The van der Waals surface area contributed by atoms with Crippen LogP contribution in [0.25, 0.3) is 0 Å². The third-order valence-corrected chi connectivity index (χ3v) is 2.29. The van der Waals surface area contributed by atoms with Crippen molar-refractivity contribution in [1.29, 1.82) is 0 Å². The molecule has 0 aliphatic carbocycles. The molecule has 5 nitrogen and oxygen atoms in total. The fourth-order valence-electron chi connectivity index (χ4n) is 0.984. The Morgan fingerprint density at radius 3 is 2.67 bits per heavy atom. The second-order valence-corrected chi connectivity index (χ2v) is 3.71. The maximum absolute atomic E-state index is 11.2. The molecule has 5 heteroatoms. The average molecular weight is 212 g/mol. The second-order valence-electron chi connectivity index (χ2n) is 3.71. The highest BCUT2D eigenvalue weighted by molar-refractivity contribution is 5.84. The van der Waals surface area contributed by atoms with Crippen LogP contribution in [0.1, 0.15) is 50.1 Å². The van der Waals surface area contributed by atoms with Crippen LogP contribution >= 0.6 is 0 Å². The van der Waals surface area contributed by atoms with E-state index in [1.54, 1.807) is 6.92 Å². The van der Waals surface area contributed by atoms with Gasteiger partial charge in [0.15, 0.2) is 0 Å². The third kappa shape index (κ3) is 2.78. The van der Waals surface area contributed by atoms with E-state index in [9.17, 15) is 4.79 Å². The fourth-order valence-corrected chi connectivity index (χ4v) is 0.984. The Bertz CT molecular complexity index is 333. The minimum atomic E-state index is -0.538. The van der Waals surface area contributed by atoms with Crippen molar-refractivity contribution in [2.24, 2.45) is 5.92 Å². The predicted molar refractivity (Wildman–Crippen MR) is 53.5 cm³/mol. The van der Waals surface area contributed by atoms with Crippen molar-refractivity contribution in [2.45, 2.75) is 33.6 Å². The standard InChI is InChI=1S/C10H16N2O3/c1-5-14-10(13)8-11-9(15-12-8)7(4)6(2)3/h6-7H,5H2,1-4H3. The van der Waals surface area contributed by atoms with Crippen molar-refractivity contribution in [2.75, 3.05) is 6.61 Å². The molecule has 0 fully saturated rings. The Morgan fingerprint density at radius 2 is 2.13 bits per heavy atom. The van der Waals surface area contributed by atoms with Gasteiger partial charge in [-0.15, -0.1) is 0 Å². The Hall–Kier alpha value is -1.39. The van der Waals surface area contributed by atoms with Gasteiger partial charge < -0.3 is 9.26 Å². The van der Waals surface area contributed by atoms with Gasteiger partial charge in [0, 0.05) is 5.92 Å².